The zero-order chi connectivity index (χ0) is 18.4. The van der Waals surface area contributed by atoms with E-state index in [1.807, 2.05) is 65.6 Å². The Morgan fingerprint density at radius 2 is 1.58 bits per heavy atom. The number of rotatable bonds is 5. The number of hydrogen-bond donors (Lipinski definition) is 1. The average molecular weight is 352 g/mol. The predicted molar refractivity (Wildman–Crippen MR) is 99.7 cm³/mol. The van der Waals surface area contributed by atoms with Crippen molar-refractivity contribution in [2.24, 2.45) is 0 Å². The minimum atomic E-state index is -0.611. The molecule has 2 amide bonds. The van der Waals surface area contributed by atoms with Crippen LogP contribution in [0.15, 0.2) is 60.7 Å². The number of methoxy groups -OCH3 is 1. The Labute approximate surface area is 154 Å². The highest BCUT2D eigenvalue weighted by Gasteiger charge is 2.27. The van der Waals surface area contributed by atoms with Crippen LogP contribution in [-0.4, -0.2) is 43.0 Å². The lowest BCUT2D eigenvalue weighted by molar-refractivity contribution is -0.132. The number of nitrogens with zero attached hydrogens (tertiary/aromatic N) is 1. The molecule has 3 rings (SSSR count). The maximum atomic E-state index is 12.6. The Kier molecular flexibility index (Phi) is 6.02. The Hall–Kier alpha value is -2.66. The van der Waals surface area contributed by atoms with E-state index >= 15 is 0 Å². The highest BCUT2D eigenvalue weighted by molar-refractivity contribution is 5.94. The fourth-order valence-electron chi connectivity index (χ4n) is 3.29. The third-order valence-corrected chi connectivity index (χ3v) is 4.73. The topological polar surface area (TPSA) is 58.6 Å². The lowest BCUT2D eigenvalue weighted by Gasteiger charge is -2.33. The second-order valence-corrected chi connectivity index (χ2v) is 6.47. The molecule has 1 atom stereocenters. The number of amides is 2. The minimum Gasteiger partial charge on any atom is -0.367 e. The van der Waals surface area contributed by atoms with Gasteiger partial charge in [-0.05, 0) is 30.5 Å². The van der Waals surface area contributed by atoms with Crippen molar-refractivity contribution in [3.63, 3.8) is 0 Å². The molecule has 1 N–H and O–H groups in total. The highest BCUT2D eigenvalue weighted by Crippen LogP contribution is 2.19. The summed E-state index contributed by atoms with van der Waals surface area (Å²) in [5.74, 6) is -0.0824. The quantitative estimate of drug-likeness (QED) is 0.900. The van der Waals surface area contributed by atoms with Crippen LogP contribution in [0.25, 0.3) is 0 Å². The summed E-state index contributed by atoms with van der Waals surface area (Å²) in [5, 5.41) is 3.07. The largest absolute Gasteiger partial charge is 0.367 e. The van der Waals surface area contributed by atoms with Crippen molar-refractivity contribution in [2.45, 2.75) is 25.0 Å². The van der Waals surface area contributed by atoms with Gasteiger partial charge in [-0.25, -0.2) is 0 Å². The number of piperidine rings is 1. The molecule has 2 aromatic rings. The average Bonchev–Trinajstić information content (AvgIpc) is 2.70. The van der Waals surface area contributed by atoms with Crippen molar-refractivity contribution in [1.82, 2.24) is 10.2 Å². The maximum absolute atomic E-state index is 12.6. The van der Waals surface area contributed by atoms with Gasteiger partial charge in [-0.1, -0.05) is 48.5 Å². The van der Waals surface area contributed by atoms with Crippen LogP contribution in [0.4, 0.5) is 0 Å². The zero-order valence-corrected chi connectivity index (χ0v) is 14.9. The Morgan fingerprint density at radius 1 is 1.00 bits per heavy atom. The molecule has 26 heavy (non-hydrogen) atoms. The summed E-state index contributed by atoms with van der Waals surface area (Å²) >= 11 is 0. The number of carbonyl (C=O) groups excluding carboxylic acids is 2. The van der Waals surface area contributed by atoms with E-state index in [9.17, 15) is 9.59 Å². The van der Waals surface area contributed by atoms with Crippen LogP contribution < -0.4 is 5.32 Å². The molecule has 1 aliphatic heterocycles. The van der Waals surface area contributed by atoms with E-state index in [0.717, 1.165) is 18.4 Å². The van der Waals surface area contributed by atoms with Gasteiger partial charge in [0.1, 0.15) is 0 Å². The fourth-order valence-corrected chi connectivity index (χ4v) is 3.29. The molecule has 0 bridgehead atoms. The monoisotopic (exact) mass is 352 g/mol. The summed E-state index contributed by atoms with van der Waals surface area (Å²) in [5.41, 5.74) is 1.54. The molecular weight excluding hydrogens is 328 g/mol. The van der Waals surface area contributed by atoms with E-state index < -0.39 is 6.10 Å². The molecular formula is C21H24N2O3. The van der Waals surface area contributed by atoms with E-state index in [-0.39, 0.29) is 17.9 Å². The van der Waals surface area contributed by atoms with Crippen molar-refractivity contribution in [2.75, 3.05) is 20.2 Å². The third-order valence-electron chi connectivity index (χ3n) is 4.73. The summed E-state index contributed by atoms with van der Waals surface area (Å²) in [4.78, 5) is 26.9. The number of hydrogen-bond acceptors (Lipinski definition) is 3. The van der Waals surface area contributed by atoms with Gasteiger partial charge in [-0.3, -0.25) is 9.59 Å². The lowest BCUT2D eigenvalue weighted by atomic mass is 10.0. The van der Waals surface area contributed by atoms with Crippen molar-refractivity contribution < 1.29 is 14.3 Å². The zero-order valence-electron chi connectivity index (χ0n) is 14.9. The lowest BCUT2D eigenvalue weighted by Crippen LogP contribution is -2.47. The summed E-state index contributed by atoms with van der Waals surface area (Å²) in [7, 11) is 1.54. The molecule has 2 aromatic carbocycles. The first-order valence-electron chi connectivity index (χ1n) is 8.91. The van der Waals surface area contributed by atoms with Crippen molar-refractivity contribution in [1.29, 1.82) is 0 Å². The molecule has 0 spiro atoms. The second kappa shape index (κ2) is 8.63. The van der Waals surface area contributed by atoms with E-state index in [1.165, 1.54) is 0 Å². The van der Waals surface area contributed by atoms with E-state index in [2.05, 4.69) is 5.32 Å². The smallest absolute Gasteiger partial charge is 0.253 e. The molecule has 0 aliphatic carbocycles. The molecule has 1 heterocycles. The van der Waals surface area contributed by atoms with E-state index in [1.54, 1.807) is 7.11 Å². The first kappa shape index (κ1) is 18.1. The minimum absolute atomic E-state index is 0.0504. The maximum Gasteiger partial charge on any atom is 0.253 e. The molecule has 0 aromatic heterocycles. The molecule has 0 radical (unpaired) electrons. The summed E-state index contributed by atoms with van der Waals surface area (Å²) in [6.45, 7) is 1.28. The molecule has 1 aliphatic rings. The number of benzene rings is 2. The Bertz CT molecular complexity index is 725. The summed E-state index contributed by atoms with van der Waals surface area (Å²) in [6.07, 6.45) is 0.880. The first-order chi connectivity index (χ1) is 12.7. The van der Waals surface area contributed by atoms with Gasteiger partial charge < -0.3 is 15.0 Å². The van der Waals surface area contributed by atoms with Gasteiger partial charge in [-0.15, -0.1) is 0 Å². The van der Waals surface area contributed by atoms with Gasteiger partial charge in [0.25, 0.3) is 11.8 Å². The number of nitrogens with one attached hydrogen (secondary N) is 1. The first-order valence-corrected chi connectivity index (χ1v) is 8.91. The van der Waals surface area contributed by atoms with Crippen molar-refractivity contribution in [3.8, 4) is 0 Å². The molecule has 5 nitrogen and oxygen atoms in total. The summed E-state index contributed by atoms with van der Waals surface area (Å²) in [6, 6.07) is 18.8. The van der Waals surface area contributed by atoms with Gasteiger partial charge in [0.15, 0.2) is 6.10 Å². The van der Waals surface area contributed by atoms with Gasteiger partial charge in [0.2, 0.25) is 0 Å². The van der Waals surface area contributed by atoms with Crippen LogP contribution in [-0.2, 0) is 9.53 Å². The molecule has 0 saturated carbocycles. The molecule has 1 unspecified atom stereocenters. The van der Waals surface area contributed by atoms with Crippen LogP contribution in [0.3, 0.4) is 0 Å². The van der Waals surface area contributed by atoms with Crippen LogP contribution in [0, 0.1) is 0 Å². The Balaban J connectivity index is 1.53. The van der Waals surface area contributed by atoms with Crippen molar-refractivity contribution in [3.05, 3.63) is 71.8 Å². The van der Waals surface area contributed by atoms with E-state index in [0.29, 0.717) is 18.7 Å². The normalized spacial score (nSPS) is 16.1. The van der Waals surface area contributed by atoms with Gasteiger partial charge >= 0.3 is 0 Å². The third kappa shape index (κ3) is 4.29. The SMILES string of the molecule is COC(C(=O)NC1CCN(C(=O)c2ccccc2)CC1)c1ccccc1. The van der Waals surface area contributed by atoms with Crippen molar-refractivity contribution >= 4 is 11.8 Å². The highest BCUT2D eigenvalue weighted by atomic mass is 16.5. The molecule has 1 fully saturated rings. The molecule has 136 valence electrons. The van der Waals surface area contributed by atoms with Crippen LogP contribution >= 0.6 is 0 Å². The van der Waals surface area contributed by atoms with Gasteiger partial charge in [0, 0.05) is 31.8 Å². The number of carbonyl (C=O) groups is 2. The Morgan fingerprint density at radius 3 is 2.15 bits per heavy atom. The van der Waals surface area contributed by atoms with Crippen LogP contribution in [0.5, 0.6) is 0 Å². The second-order valence-electron chi connectivity index (χ2n) is 6.47. The van der Waals surface area contributed by atoms with E-state index in [4.69, 9.17) is 4.74 Å². The number of ether oxygens (including phenoxy) is 1. The molecule has 5 heteroatoms. The summed E-state index contributed by atoms with van der Waals surface area (Å²) < 4.78 is 5.38. The molecule has 1 saturated heterocycles. The van der Waals surface area contributed by atoms with Crippen LogP contribution in [0.2, 0.25) is 0 Å². The number of likely N-dealkylation sites (tertiary alicyclic amines) is 1. The predicted octanol–water partition coefficient (Wildman–Crippen LogP) is 2.80. The fraction of sp³-hybridized carbons (Fsp3) is 0.333. The van der Waals surface area contributed by atoms with Gasteiger partial charge in [-0.2, -0.15) is 0 Å². The van der Waals surface area contributed by atoms with Crippen LogP contribution in [0.1, 0.15) is 34.9 Å². The standard InChI is InChI=1S/C21H24N2O3/c1-26-19(16-8-4-2-5-9-16)20(24)22-18-12-14-23(15-13-18)21(25)17-10-6-3-7-11-17/h2-11,18-19H,12-15H2,1H3,(H,22,24). The van der Waals surface area contributed by atoms with Gasteiger partial charge in [0.05, 0.1) is 0 Å².